The van der Waals surface area contributed by atoms with Gasteiger partial charge in [0.15, 0.2) is 5.82 Å². The van der Waals surface area contributed by atoms with Gasteiger partial charge in [0.2, 0.25) is 12.0 Å². The van der Waals surface area contributed by atoms with Gasteiger partial charge >= 0.3 is 18.4 Å². The first-order chi connectivity index (χ1) is 22.4. The number of nitrogens with one attached hydrogen (secondary N) is 1. The van der Waals surface area contributed by atoms with Gasteiger partial charge in [-0.05, 0) is 32.9 Å². The minimum atomic E-state index is -5.10. The summed E-state index contributed by atoms with van der Waals surface area (Å²) < 4.78 is 144. The van der Waals surface area contributed by atoms with Gasteiger partial charge in [-0.15, -0.1) is 0 Å². The van der Waals surface area contributed by atoms with Crippen LogP contribution in [0.1, 0.15) is 30.5 Å². The molecule has 258 valence electrons. The summed E-state index contributed by atoms with van der Waals surface area (Å²) in [7, 11) is 1.61. The van der Waals surface area contributed by atoms with E-state index < -0.39 is 105 Å². The molecule has 3 aromatic heterocycles. The SMILES string of the molecule is Cc1nc(N)cc(-c2nc3c4c(nc(OC[C@H]5N(C)C[C@]56CC6(F)F)nc4c2F)N2C[C@H]4CC[C@H](N4)[C@H]2[C@H](C(F)(F)F)O3)c1C(F)(F)F. The third-order valence-corrected chi connectivity index (χ3v) is 10.3. The zero-order valence-electron chi connectivity index (χ0n) is 25.2. The van der Waals surface area contributed by atoms with E-state index in [1.54, 1.807) is 11.9 Å². The van der Waals surface area contributed by atoms with E-state index in [9.17, 15) is 35.1 Å². The fourth-order valence-corrected chi connectivity index (χ4v) is 8.07. The van der Waals surface area contributed by atoms with Crippen LogP contribution in [0, 0.1) is 18.2 Å². The highest BCUT2D eigenvalue weighted by atomic mass is 19.4. The maximum absolute atomic E-state index is 16.7. The second kappa shape index (κ2) is 9.86. The molecule has 8 rings (SSSR count). The van der Waals surface area contributed by atoms with Gasteiger partial charge in [0.25, 0.3) is 5.92 Å². The molecular formula is C29H27F9N8O2. The molecule has 2 bridgehead atoms. The third kappa shape index (κ3) is 4.48. The minimum Gasteiger partial charge on any atom is -0.462 e. The summed E-state index contributed by atoms with van der Waals surface area (Å²) in [6.07, 6.45) is -12.1. The second-order valence-electron chi connectivity index (χ2n) is 13.2. The number of likely N-dealkylation sites (tertiary alicyclic amines) is 1. The Morgan fingerprint density at radius 3 is 2.48 bits per heavy atom. The number of anilines is 2. The molecule has 1 aliphatic carbocycles. The lowest BCUT2D eigenvalue weighted by molar-refractivity contribution is -0.203. The monoisotopic (exact) mass is 690 g/mol. The molecular weight excluding hydrogens is 663 g/mol. The topological polar surface area (TPSA) is 115 Å². The van der Waals surface area contributed by atoms with Crippen LogP contribution in [-0.4, -0.2) is 94.0 Å². The first-order valence-corrected chi connectivity index (χ1v) is 15.1. The number of alkyl halides is 8. The number of halogens is 9. The highest BCUT2D eigenvalue weighted by Crippen LogP contribution is 2.68. The first kappa shape index (κ1) is 31.4. The normalized spacial score (nSPS) is 30.6. The Labute approximate surface area is 265 Å². The standard InChI is InChI=1S/C29H27F9N8O2/c1-10-17(28(33,34)35)12(5-15(39)40-10)19-18(30)20-16-23(44-25(43-20)47-7-14-26(9-45(14)2)8-27(26,31)32)46-6-11-3-4-13(41-11)21(46)22(29(36,37)38)48-24(16)42-19/h5,11,13-14,21-22,41H,3-4,6-9H2,1-2H3,(H2,39,40)/t11-,13+,14-,21+,22-,26-/m1/s1. The third-order valence-electron chi connectivity index (χ3n) is 10.3. The fourth-order valence-electron chi connectivity index (χ4n) is 8.07. The molecule has 3 N–H and O–H groups in total. The van der Waals surface area contributed by atoms with Crippen LogP contribution in [0.15, 0.2) is 6.07 Å². The van der Waals surface area contributed by atoms with Crippen LogP contribution in [0.2, 0.25) is 0 Å². The van der Waals surface area contributed by atoms with E-state index in [4.69, 9.17) is 15.2 Å². The Bertz CT molecular complexity index is 1860. The molecule has 7 heterocycles. The number of hydrogen-bond donors (Lipinski definition) is 2. The Morgan fingerprint density at radius 2 is 1.83 bits per heavy atom. The number of piperazine rings is 1. The number of nitrogens with zero attached hydrogens (tertiary/aromatic N) is 6. The van der Waals surface area contributed by atoms with E-state index in [0.29, 0.717) is 18.9 Å². The van der Waals surface area contributed by atoms with Gasteiger partial charge in [-0.1, -0.05) is 0 Å². The van der Waals surface area contributed by atoms with Crippen LogP contribution in [0.25, 0.3) is 22.2 Å². The van der Waals surface area contributed by atoms with E-state index in [0.717, 1.165) is 6.92 Å². The van der Waals surface area contributed by atoms with Crippen molar-refractivity contribution in [1.29, 1.82) is 0 Å². The van der Waals surface area contributed by atoms with Gasteiger partial charge in [0.1, 0.15) is 34.8 Å². The molecule has 0 radical (unpaired) electrons. The highest BCUT2D eigenvalue weighted by Gasteiger charge is 2.79. The quantitative estimate of drug-likeness (QED) is 0.380. The van der Waals surface area contributed by atoms with Crippen molar-refractivity contribution < 1.29 is 49.0 Å². The molecule has 4 aliphatic heterocycles. The van der Waals surface area contributed by atoms with Crippen LogP contribution in [0.4, 0.5) is 51.1 Å². The van der Waals surface area contributed by atoms with Crippen LogP contribution in [0.5, 0.6) is 11.9 Å². The van der Waals surface area contributed by atoms with E-state index >= 15 is 4.39 Å². The van der Waals surface area contributed by atoms with Gasteiger partial charge < -0.3 is 25.4 Å². The molecule has 0 amide bonds. The lowest BCUT2D eigenvalue weighted by Gasteiger charge is -2.46. The number of aromatic nitrogens is 4. The molecule has 1 spiro atoms. The smallest absolute Gasteiger partial charge is 0.427 e. The molecule has 48 heavy (non-hydrogen) atoms. The van der Waals surface area contributed by atoms with Crippen molar-refractivity contribution in [1.82, 2.24) is 30.2 Å². The van der Waals surface area contributed by atoms with Crippen molar-refractivity contribution in [3.05, 3.63) is 23.1 Å². The summed E-state index contributed by atoms with van der Waals surface area (Å²) in [4.78, 5) is 19.0. The fraction of sp³-hybridized carbons (Fsp3) is 0.586. The van der Waals surface area contributed by atoms with Gasteiger partial charge in [-0.2, -0.15) is 36.3 Å². The van der Waals surface area contributed by atoms with E-state index in [-0.39, 0.29) is 38.0 Å². The number of likely N-dealkylation sites (N-methyl/N-ethyl adjacent to an activating group) is 1. The number of aryl methyl sites for hydroxylation is 1. The Hall–Kier alpha value is -3.87. The van der Waals surface area contributed by atoms with Crippen LogP contribution in [0.3, 0.4) is 0 Å². The zero-order chi connectivity index (χ0) is 34.3. The number of ether oxygens (including phenoxy) is 2. The maximum Gasteiger partial charge on any atom is 0.427 e. The molecule has 6 atom stereocenters. The average Bonchev–Trinajstić information content (AvgIpc) is 3.40. The number of pyridine rings is 2. The Morgan fingerprint density at radius 1 is 1.10 bits per heavy atom. The number of rotatable bonds is 4. The Balaban J connectivity index is 1.34. The lowest BCUT2D eigenvalue weighted by Crippen LogP contribution is -2.66. The largest absolute Gasteiger partial charge is 0.462 e. The van der Waals surface area contributed by atoms with E-state index in [2.05, 4.69) is 25.3 Å². The molecule has 3 saturated heterocycles. The first-order valence-electron chi connectivity index (χ1n) is 15.1. The van der Waals surface area contributed by atoms with Gasteiger partial charge in [-0.3, -0.25) is 4.90 Å². The van der Waals surface area contributed by atoms with Gasteiger partial charge in [-0.25, -0.2) is 23.1 Å². The predicted molar refractivity (Wildman–Crippen MR) is 150 cm³/mol. The van der Waals surface area contributed by atoms with Crippen molar-refractivity contribution >= 4 is 22.5 Å². The second-order valence-corrected chi connectivity index (χ2v) is 13.2. The summed E-state index contributed by atoms with van der Waals surface area (Å²) in [6, 6.07) is -3.06. The number of nitrogen functional groups attached to an aromatic ring is 1. The highest BCUT2D eigenvalue weighted by molar-refractivity contribution is 5.97. The molecule has 0 aromatic carbocycles. The number of fused-ring (bicyclic) bond motifs is 5. The van der Waals surface area contributed by atoms with Crippen molar-refractivity contribution in [2.45, 2.75) is 74.7 Å². The minimum absolute atomic E-state index is 0.00945. The molecule has 5 aliphatic rings. The van der Waals surface area contributed by atoms with Crippen molar-refractivity contribution in [3.8, 4) is 23.1 Å². The van der Waals surface area contributed by atoms with Crippen LogP contribution < -0.4 is 25.4 Å². The lowest BCUT2D eigenvalue weighted by atomic mass is 9.85. The zero-order valence-corrected chi connectivity index (χ0v) is 25.2. The van der Waals surface area contributed by atoms with Gasteiger partial charge in [0.05, 0.1) is 28.8 Å². The van der Waals surface area contributed by atoms with Crippen LogP contribution >= 0.6 is 0 Å². The molecule has 3 aromatic rings. The van der Waals surface area contributed by atoms with Crippen LogP contribution in [-0.2, 0) is 6.18 Å². The number of hydrogen-bond acceptors (Lipinski definition) is 10. The predicted octanol–water partition coefficient (Wildman–Crippen LogP) is 4.49. The summed E-state index contributed by atoms with van der Waals surface area (Å²) in [5.41, 5.74) is -0.267. The Kier molecular flexibility index (Phi) is 6.45. The van der Waals surface area contributed by atoms with Crippen molar-refractivity contribution in [2.24, 2.45) is 5.41 Å². The van der Waals surface area contributed by atoms with E-state index in [1.807, 2.05) is 0 Å². The average molecular weight is 691 g/mol. The summed E-state index contributed by atoms with van der Waals surface area (Å²) in [5, 5.41) is 2.75. The number of nitrogens with two attached hydrogens (primary N) is 1. The molecule has 4 fully saturated rings. The summed E-state index contributed by atoms with van der Waals surface area (Å²) in [5.74, 6) is -5.85. The molecule has 1 saturated carbocycles. The summed E-state index contributed by atoms with van der Waals surface area (Å²) >= 11 is 0. The molecule has 0 unspecified atom stereocenters. The van der Waals surface area contributed by atoms with Gasteiger partial charge in [0, 0.05) is 37.2 Å². The van der Waals surface area contributed by atoms with E-state index in [1.165, 1.54) is 4.90 Å². The molecule has 10 nitrogen and oxygen atoms in total. The maximum atomic E-state index is 16.7. The van der Waals surface area contributed by atoms with Crippen molar-refractivity contribution in [3.63, 3.8) is 0 Å². The van der Waals surface area contributed by atoms with Crippen molar-refractivity contribution in [2.75, 3.05) is 37.4 Å². The summed E-state index contributed by atoms with van der Waals surface area (Å²) in [6.45, 7) is 0.735. The molecule has 19 heteroatoms.